The Kier molecular flexibility index (Phi) is 3.55. The van der Waals surface area contributed by atoms with Crippen LogP contribution in [0.1, 0.15) is 5.56 Å². The van der Waals surface area contributed by atoms with Gasteiger partial charge in [0.2, 0.25) is 0 Å². The van der Waals surface area contributed by atoms with Gasteiger partial charge < -0.3 is 15.4 Å². The van der Waals surface area contributed by atoms with Gasteiger partial charge in [0.25, 0.3) is 0 Å². The first-order valence-corrected chi connectivity index (χ1v) is 4.69. The zero-order valence-electron chi connectivity index (χ0n) is 9.28. The average Bonchev–Trinajstić information content (AvgIpc) is 2.21. The SMILES string of the molecule is COC(=O)CN(C)c1cccc(N)c1C. The van der Waals surface area contributed by atoms with Gasteiger partial charge in [-0.3, -0.25) is 4.79 Å². The number of nitrogens with zero attached hydrogens (tertiary/aromatic N) is 1. The number of anilines is 2. The highest BCUT2D eigenvalue weighted by Gasteiger charge is 2.10. The Morgan fingerprint density at radius 2 is 2.20 bits per heavy atom. The smallest absolute Gasteiger partial charge is 0.325 e. The summed E-state index contributed by atoms with van der Waals surface area (Å²) in [6.07, 6.45) is 0. The molecule has 0 heterocycles. The van der Waals surface area contributed by atoms with Crippen molar-refractivity contribution in [2.75, 3.05) is 31.3 Å². The monoisotopic (exact) mass is 208 g/mol. The summed E-state index contributed by atoms with van der Waals surface area (Å²) in [6, 6.07) is 5.63. The molecule has 0 bridgehead atoms. The minimum atomic E-state index is -0.265. The molecule has 0 aliphatic rings. The van der Waals surface area contributed by atoms with E-state index in [1.165, 1.54) is 7.11 Å². The highest BCUT2D eigenvalue weighted by Crippen LogP contribution is 2.23. The van der Waals surface area contributed by atoms with Crippen molar-refractivity contribution in [3.8, 4) is 0 Å². The second-order valence-corrected chi connectivity index (χ2v) is 3.42. The fourth-order valence-corrected chi connectivity index (χ4v) is 1.40. The molecular formula is C11H16N2O2. The van der Waals surface area contributed by atoms with Crippen molar-refractivity contribution in [2.45, 2.75) is 6.92 Å². The number of likely N-dealkylation sites (N-methyl/N-ethyl adjacent to an activating group) is 1. The van der Waals surface area contributed by atoms with Crippen molar-refractivity contribution in [3.63, 3.8) is 0 Å². The predicted octanol–water partition coefficient (Wildman–Crippen LogP) is 1.19. The third kappa shape index (κ3) is 2.62. The number of rotatable bonds is 3. The van der Waals surface area contributed by atoms with Crippen LogP contribution in [-0.4, -0.2) is 26.7 Å². The second-order valence-electron chi connectivity index (χ2n) is 3.42. The molecule has 4 heteroatoms. The van der Waals surface area contributed by atoms with Gasteiger partial charge in [-0.05, 0) is 24.6 Å². The summed E-state index contributed by atoms with van der Waals surface area (Å²) in [7, 11) is 3.21. The van der Waals surface area contributed by atoms with Gasteiger partial charge in [0.1, 0.15) is 6.54 Å². The number of carbonyl (C=O) groups is 1. The Labute approximate surface area is 89.6 Å². The normalized spacial score (nSPS) is 9.80. The summed E-state index contributed by atoms with van der Waals surface area (Å²) in [5, 5.41) is 0. The number of carbonyl (C=O) groups excluding carboxylic acids is 1. The summed E-state index contributed by atoms with van der Waals surface area (Å²) in [4.78, 5) is 12.9. The van der Waals surface area contributed by atoms with E-state index < -0.39 is 0 Å². The van der Waals surface area contributed by atoms with Gasteiger partial charge in [-0.25, -0.2) is 0 Å². The lowest BCUT2D eigenvalue weighted by atomic mass is 10.1. The van der Waals surface area contributed by atoms with Gasteiger partial charge in [-0.1, -0.05) is 6.07 Å². The fourth-order valence-electron chi connectivity index (χ4n) is 1.40. The summed E-state index contributed by atoms with van der Waals surface area (Å²) in [6.45, 7) is 2.15. The van der Waals surface area contributed by atoms with E-state index in [-0.39, 0.29) is 12.5 Å². The lowest BCUT2D eigenvalue weighted by Gasteiger charge is -2.20. The van der Waals surface area contributed by atoms with Crippen LogP contribution in [0, 0.1) is 6.92 Å². The van der Waals surface area contributed by atoms with Crippen LogP contribution in [0.15, 0.2) is 18.2 Å². The Morgan fingerprint density at radius 1 is 1.53 bits per heavy atom. The molecule has 0 atom stereocenters. The average molecular weight is 208 g/mol. The lowest BCUT2D eigenvalue weighted by molar-refractivity contribution is -0.138. The molecule has 1 rings (SSSR count). The number of nitrogens with two attached hydrogens (primary N) is 1. The summed E-state index contributed by atoms with van der Waals surface area (Å²) >= 11 is 0. The molecule has 1 aromatic carbocycles. The molecule has 0 radical (unpaired) electrons. The van der Waals surface area contributed by atoms with Crippen molar-refractivity contribution in [1.29, 1.82) is 0 Å². The summed E-state index contributed by atoms with van der Waals surface area (Å²) in [5.74, 6) is -0.265. The Hall–Kier alpha value is -1.71. The largest absolute Gasteiger partial charge is 0.468 e. The third-order valence-corrected chi connectivity index (χ3v) is 2.35. The van der Waals surface area contributed by atoms with Crippen molar-refractivity contribution in [3.05, 3.63) is 23.8 Å². The van der Waals surface area contributed by atoms with E-state index in [9.17, 15) is 4.79 Å². The molecule has 0 spiro atoms. The maximum atomic E-state index is 11.1. The van der Waals surface area contributed by atoms with Crippen LogP contribution in [0.5, 0.6) is 0 Å². The third-order valence-electron chi connectivity index (χ3n) is 2.35. The first-order chi connectivity index (χ1) is 7.06. The van der Waals surface area contributed by atoms with E-state index in [1.807, 2.05) is 37.1 Å². The Bertz CT molecular complexity index is 364. The molecule has 15 heavy (non-hydrogen) atoms. The van der Waals surface area contributed by atoms with Crippen molar-refractivity contribution >= 4 is 17.3 Å². The zero-order chi connectivity index (χ0) is 11.4. The van der Waals surface area contributed by atoms with E-state index in [1.54, 1.807) is 0 Å². The van der Waals surface area contributed by atoms with Crippen LogP contribution in [0.3, 0.4) is 0 Å². The quantitative estimate of drug-likeness (QED) is 0.598. The lowest BCUT2D eigenvalue weighted by Crippen LogP contribution is -2.27. The minimum Gasteiger partial charge on any atom is -0.468 e. The van der Waals surface area contributed by atoms with Crippen LogP contribution < -0.4 is 10.6 Å². The molecule has 0 fully saturated rings. The van der Waals surface area contributed by atoms with Gasteiger partial charge in [0.05, 0.1) is 7.11 Å². The number of esters is 1. The molecular weight excluding hydrogens is 192 g/mol. The van der Waals surface area contributed by atoms with E-state index in [0.29, 0.717) is 0 Å². The van der Waals surface area contributed by atoms with Gasteiger partial charge in [-0.2, -0.15) is 0 Å². The fraction of sp³-hybridized carbons (Fsp3) is 0.364. The summed E-state index contributed by atoms with van der Waals surface area (Å²) < 4.78 is 4.60. The molecule has 0 aromatic heterocycles. The number of methoxy groups -OCH3 is 1. The zero-order valence-corrected chi connectivity index (χ0v) is 9.28. The number of nitrogen functional groups attached to an aromatic ring is 1. The molecule has 2 N–H and O–H groups in total. The molecule has 0 saturated heterocycles. The predicted molar refractivity (Wildman–Crippen MR) is 60.9 cm³/mol. The van der Waals surface area contributed by atoms with E-state index in [4.69, 9.17) is 5.73 Å². The number of ether oxygens (including phenoxy) is 1. The first-order valence-electron chi connectivity index (χ1n) is 4.69. The topological polar surface area (TPSA) is 55.6 Å². The van der Waals surface area contributed by atoms with Gasteiger partial charge in [0.15, 0.2) is 0 Å². The maximum Gasteiger partial charge on any atom is 0.325 e. The highest BCUT2D eigenvalue weighted by atomic mass is 16.5. The van der Waals surface area contributed by atoms with Crippen LogP contribution in [0.2, 0.25) is 0 Å². The van der Waals surface area contributed by atoms with Crippen LogP contribution in [0.4, 0.5) is 11.4 Å². The van der Waals surface area contributed by atoms with Crippen LogP contribution in [-0.2, 0) is 9.53 Å². The second kappa shape index (κ2) is 4.68. The Morgan fingerprint density at radius 3 is 2.80 bits per heavy atom. The van der Waals surface area contributed by atoms with Crippen molar-refractivity contribution in [1.82, 2.24) is 0 Å². The van der Waals surface area contributed by atoms with E-state index in [2.05, 4.69) is 4.74 Å². The number of benzene rings is 1. The molecule has 1 aromatic rings. The van der Waals surface area contributed by atoms with Crippen molar-refractivity contribution < 1.29 is 9.53 Å². The molecule has 0 saturated carbocycles. The molecule has 0 aliphatic heterocycles. The van der Waals surface area contributed by atoms with Gasteiger partial charge in [0, 0.05) is 18.4 Å². The van der Waals surface area contributed by atoms with E-state index in [0.717, 1.165) is 16.9 Å². The Balaban J connectivity index is 2.86. The number of hydrogen-bond donors (Lipinski definition) is 1. The molecule has 0 aliphatic carbocycles. The maximum absolute atomic E-state index is 11.1. The molecule has 0 unspecified atom stereocenters. The standard InChI is InChI=1S/C11H16N2O2/c1-8-9(12)5-4-6-10(8)13(2)7-11(14)15-3/h4-6H,7,12H2,1-3H3. The highest BCUT2D eigenvalue weighted by molar-refractivity contribution is 5.77. The molecule has 4 nitrogen and oxygen atoms in total. The minimum absolute atomic E-state index is 0.223. The molecule has 0 amide bonds. The van der Waals surface area contributed by atoms with E-state index >= 15 is 0 Å². The first kappa shape index (κ1) is 11.4. The van der Waals surface area contributed by atoms with Gasteiger partial charge in [-0.15, -0.1) is 0 Å². The molecule has 82 valence electrons. The van der Waals surface area contributed by atoms with Crippen LogP contribution in [0.25, 0.3) is 0 Å². The summed E-state index contributed by atoms with van der Waals surface area (Å²) in [5.41, 5.74) is 8.43. The van der Waals surface area contributed by atoms with Crippen LogP contribution >= 0.6 is 0 Å². The number of hydrogen-bond acceptors (Lipinski definition) is 4. The van der Waals surface area contributed by atoms with Crippen molar-refractivity contribution in [2.24, 2.45) is 0 Å². The van der Waals surface area contributed by atoms with Gasteiger partial charge >= 0.3 is 5.97 Å².